The molecule has 0 aromatic rings. The Hall–Kier alpha value is -1.00. The second kappa shape index (κ2) is 5.19. The first-order valence-corrected chi connectivity index (χ1v) is 4.63. The second-order valence-electron chi connectivity index (χ2n) is 3.46. The normalized spacial score (nSPS) is 15.5. The van der Waals surface area contributed by atoms with E-state index in [1.54, 1.807) is 6.92 Å². The molecule has 0 aromatic carbocycles. The summed E-state index contributed by atoms with van der Waals surface area (Å²) in [5.41, 5.74) is -1.26. The lowest BCUT2D eigenvalue weighted by Gasteiger charge is -2.23. The number of ether oxygens (including phenoxy) is 1. The van der Waals surface area contributed by atoms with E-state index in [1.165, 1.54) is 13.0 Å². The maximum Gasteiger partial charge on any atom is 0.389 e. The third-order valence-corrected chi connectivity index (χ3v) is 2.12. The van der Waals surface area contributed by atoms with Crippen LogP contribution in [0.1, 0.15) is 26.7 Å². The summed E-state index contributed by atoms with van der Waals surface area (Å²) in [6.45, 7) is 6.51. The van der Waals surface area contributed by atoms with Crippen LogP contribution in [0.3, 0.4) is 0 Å². The molecule has 1 atom stereocenters. The minimum absolute atomic E-state index is 0.147. The number of hydrogen-bond donors (Lipinski definition) is 0. The van der Waals surface area contributed by atoms with Crippen LogP contribution in [0.15, 0.2) is 12.7 Å². The average molecular weight is 224 g/mol. The highest BCUT2D eigenvalue weighted by Crippen LogP contribution is 2.32. The molecule has 0 saturated heterocycles. The van der Waals surface area contributed by atoms with Gasteiger partial charge in [0.2, 0.25) is 0 Å². The summed E-state index contributed by atoms with van der Waals surface area (Å²) in [6.07, 6.45) is -4.42. The fourth-order valence-electron chi connectivity index (χ4n) is 0.985. The van der Waals surface area contributed by atoms with Crippen LogP contribution in [-0.4, -0.2) is 18.8 Å². The monoisotopic (exact) mass is 224 g/mol. The van der Waals surface area contributed by atoms with E-state index in [2.05, 4.69) is 11.3 Å². The number of rotatable bonds is 5. The third-order valence-electron chi connectivity index (χ3n) is 2.12. The van der Waals surface area contributed by atoms with Gasteiger partial charge in [0, 0.05) is 6.42 Å². The first-order chi connectivity index (χ1) is 6.75. The Labute approximate surface area is 87.1 Å². The van der Waals surface area contributed by atoms with Gasteiger partial charge in [0.05, 0.1) is 12.0 Å². The number of hydrogen-bond acceptors (Lipinski definition) is 2. The van der Waals surface area contributed by atoms with E-state index in [1.807, 2.05) is 0 Å². The number of alkyl halides is 3. The first kappa shape index (κ1) is 14.0. The van der Waals surface area contributed by atoms with E-state index in [4.69, 9.17) is 0 Å². The fourth-order valence-corrected chi connectivity index (χ4v) is 0.985. The van der Waals surface area contributed by atoms with Gasteiger partial charge in [0.25, 0.3) is 0 Å². The molecule has 0 rings (SSSR count). The summed E-state index contributed by atoms with van der Waals surface area (Å²) in [7, 11) is 0. The van der Waals surface area contributed by atoms with Crippen LogP contribution in [0.25, 0.3) is 0 Å². The number of halogens is 3. The zero-order valence-electron chi connectivity index (χ0n) is 8.86. The molecule has 0 heterocycles. The third kappa shape index (κ3) is 4.85. The molecular formula is C10H15F3O2. The first-order valence-electron chi connectivity index (χ1n) is 4.63. The molecule has 0 saturated carbocycles. The highest BCUT2D eigenvalue weighted by molar-refractivity contribution is 5.78. The van der Waals surface area contributed by atoms with Crippen molar-refractivity contribution in [2.24, 2.45) is 5.41 Å². The van der Waals surface area contributed by atoms with Crippen LogP contribution in [0.5, 0.6) is 0 Å². The van der Waals surface area contributed by atoms with Gasteiger partial charge < -0.3 is 4.74 Å². The van der Waals surface area contributed by atoms with E-state index in [9.17, 15) is 18.0 Å². The molecule has 0 radical (unpaired) electrons. The van der Waals surface area contributed by atoms with Gasteiger partial charge in [0.1, 0.15) is 0 Å². The smallest absolute Gasteiger partial charge is 0.389 e. The summed E-state index contributed by atoms with van der Waals surface area (Å²) in [5, 5.41) is 0. The topological polar surface area (TPSA) is 26.3 Å². The van der Waals surface area contributed by atoms with Gasteiger partial charge in [-0.25, -0.2) is 0 Å². The predicted molar refractivity (Wildman–Crippen MR) is 50.2 cm³/mol. The Balaban J connectivity index is 4.44. The van der Waals surface area contributed by atoms with Crippen molar-refractivity contribution >= 4 is 5.97 Å². The van der Waals surface area contributed by atoms with Crippen LogP contribution in [0.2, 0.25) is 0 Å². The molecule has 0 aliphatic carbocycles. The predicted octanol–water partition coefficient (Wildman–Crippen LogP) is 3.08. The van der Waals surface area contributed by atoms with Crippen molar-refractivity contribution in [2.45, 2.75) is 32.9 Å². The van der Waals surface area contributed by atoms with Gasteiger partial charge in [-0.3, -0.25) is 4.79 Å². The number of carbonyl (C=O) groups excluding carboxylic acids is 1. The maximum atomic E-state index is 12.0. The lowest BCUT2D eigenvalue weighted by atomic mass is 9.85. The average Bonchev–Trinajstić information content (AvgIpc) is 2.13. The van der Waals surface area contributed by atoms with Crippen LogP contribution >= 0.6 is 0 Å². The lowest BCUT2D eigenvalue weighted by Crippen LogP contribution is -2.29. The van der Waals surface area contributed by atoms with Gasteiger partial charge in [-0.15, -0.1) is 6.58 Å². The van der Waals surface area contributed by atoms with E-state index in [0.717, 1.165) is 0 Å². The Morgan fingerprint density at radius 1 is 1.40 bits per heavy atom. The van der Waals surface area contributed by atoms with Crippen LogP contribution in [0, 0.1) is 5.41 Å². The molecule has 0 bridgehead atoms. The van der Waals surface area contributed by atoms with Crippen molar-refractivity contribution in [1.29, 1.82) is 0 Å². The van der Waals surface area contributed by atoms with E-state index >= 15 is 0 Å². The highest BCUT2D eigenvalue weighted by Gasteiger charge is 2.37. The summed E-state index contributed by atoms with van der Waals surface area (Å²) in [6, 6.07) is 0. The molecule has 0 aliphatic rings. The van der Waals surface area contributed by atoms with Crippen molar-refractivity contribution in [2.75, 3.05) is 6.61 Å². The number of carbonyl (C=O) groups is 1. The highest BCUT2D eigenvalue weighted by atomic mass is 19.4. The van der Waals surface area contributed by atoms with E-state index < -0.39 is 24.0 Å². The molecule has 0 aliphatic heterocycles. The Bertz CT molecular complexity index is 235. The minimum atomic E-state index is -4.27. The zero-order valence-corrected chi connectivity index (χ0v) is 8.86. The van der Waals surface area contributed by atoms with Crippen molar-refractivity contribution in [1.82, 2.24) is 0 Å². The van der Waals surface area contributed by atoms with Gasteiger partial charge in [-0.05, 0) is 20.3 Å². The van der Waals surface area contributed by atoms with E-state index in [-0.39, 0.29) is 13.0 Å². The molecule has 0 spiro atoms. The zero-order chi connectivity index (χ0) is 12.1. The molecule has 1 unspecified atom stereocenters. The Kier molecular flexibility index (Phi) is 4.84. The molecular weight excluding hydrogens is 209 g/mol. The molecule has 0 N–H and O–H groups in total. The summed E-state index contributed by atoms with van der Waals surface area (Å²) in [4.78, 5) is 11.4. The second-order valence-corrected chi connectivity index (χ2v) is 3.46. The van der Waals surface area contributed by atoms with Gasteiger partial charge >= 0.3 is 12.1 Å². The van der Waals surface area contributed by atoms with Crippen LogP contribution in [0.4, 0.5) is 13.2 Å². The Morgan fingerprint density at radius 3 is 2.27 bits per heavy atom. The molecule has 0 aromatic heterocycles. The van der Waals surface area contributed by atoms with Crippen molar-refractivity contribution in [3.8, 4) is 0 Å². The van der Waals surface area contributed by atoms with Crippen molar-refractivity contribution in [3.05, 3.63) is 12.7 Å². The van der Waals surface area contributed by atoms with Gasteiger partial charge in [0.15, 0.2) is 0 Å². The lowest BCUT2D eigenvalue weighted by molar-refractivity contribution is -0.158. The SMILES string of the molecule is C=CC(C)(CCC(F)(F)F)C(=O)OCC. The molecule has 88 valence electrons. The van der Waals surface area contributed by atoms with Crippen LogP contribution < -0.4 is 0 Å². The largest absolute Gasteiger partial charge is 0.465 e. The molecule has 0 fully saturated rings. The van der Waals surface area contributed by atoms with Crippen LogP contribution in [-0.2, 0) is 9.53 Å². The maximum absolute atomic E-state index is 12.0. The molecule has 5 heteroatoms. The quantitative estimate of drug-likeness (QED) is 0.530. The number of esters is 1. The Morgan fingerprint density at radius 2 is 1.93 bits per heavy atom. The van der Waals surface area contributed by atoms with Gasteiger partial charge in [-0.2, -0.15) is 13.2 Å². The summed E-state index contributed by atoms with van der Waals surface area (Å²) < 4.78 is 40.6. The fraction of sp³-hybridized carbons (Fsp3) is 0.700. The van der Waals surface area contributed by atoms with Crippen molar-refractivity contribution in [3.63, 3.8) is 0 Å². The summed E-state index contributed by atoms with van der Waals surface area (Å²) >= 11 is 0. The van der Waals surface area contributed by atoms with E-state index in [0.29, 0.717) is 0 Å². The molecule has 2 nitrogen and oxygen atoms in total. The standard InChI is InChI=1S/C10H15F3O2/c1-4-9(3,8(14)15-5-2)6-7-10(11,12)13/h4H,1,5-7H2,2-3H3. The van der Waals surface area contributed by atoms with Crippen molar-refractivity contribution < 1.29 is 22.7 Å². The van der Waals surface area contributed by atoms with Gasteiger partial charge in [-0.1, -0.05) is 6.08 Å². The molecule has 15 heavy (non-hydrogen) atoms. The molecule has 0 amide bonds. The summed E-state index contributed by atoms with van der Waals surface area (Å²) in [5.74, 6) is -0.663. The minimum Gasteiger partial charge on any atom is -0.465 e.